The molecule has 2 aliphatic rings. The Balaban J connectivity index is 1.69. The monoisotopic (exact) mass is 231 g/mol. The molecule has 90 valence electrons. The molecular formula is C13H17N3O. The second kappa shape index (κ2) is 3.95. The zero-order chi connectivity index (χ0) is 11.8. The van der Waals surface area contributed by atoms with Crippen molar-refractivity contribution in [3.63, 3.8) is 0 Å². The summed E-state index contributed by atoms with van der Waals surface area (Å²) in [6.45, 7) is 0. The quantitative estimate of drug-likeness (QED) is 0.845. The summed E-state index contributed by atoms with van der Waals surface area (Å²) in [7, 11) is 1.85. The molecule has 17 heavy (non-hydrogen) atoms. The van der Waals surface area contributed by atoms with Gasteiger partial charge in [-0.25, -0.2) is 0 Å². The highest BCUT2D eigenvalue weighted by molar-refractivity contribution is 5.45. The molecule has 2 N–H and O–H groups in total. The van der Waals surface area contributed by atoms with E-state index in [9.17, 15) is 0 Å². The van der Waals surface area contributed by atoms with Crippen molar-refractivity contribution in [2.24, 2.45) is 18.9 Å². The molecule has 1 saturated carbocycles. The molecule has 2 atom stereocenters. The highest BCUT2D eigenvalue weighted by atomic mass is 16.5. The highest BCUT2D eigenvalue weighted by Crippen LogP contribution is 2.38. The maximum atomic E-state index is 5.89. The largest absolute Gasteiger partial charge is 0.472 e. The molecule has 2 aliphatic carbocycles. The lowest BCUT2D eigenvalue weighted by Gasteiger charge is -2.12. The van der Waals surface area contributed by atoms with Crippen LogP contribution in [0.5, 0.6) is 5.88 Å². The highest BCUT2D eigenvalue weighted by Gasteiger charge is 2.33. The zero-order valence-corrected chi connectivity index (χ0v) is 9.91. The summed E-state index contributed by atoms with van der Waals surface area (Å²) in [4.78, 5) is 0. The van der Waals surface area contributed by atoms with Crippen LogP contribution >= 0.6 is 0 Å². The smallest absolute Gasteiger partial charge is 0.256 e. The maximum absolute atomic E-state index is 5.89. The van der Waals surface area contributed by atoms with Crippen molar-refractivity contribution >= 4 is 5.69 Å². The number of hydrogen-bond donors (Lipinski definition) is 1. The lowest BCUT2D eigenvalue weighted by molar-refractivity contribution is 0.196. The zero-order valence-electron chi connectivity index (χ0n) is 9.91. The number of ether oxygens (including phenoxy) is 1. The third kappa shape index (κ3) is 1.95. The Bertz CT molecular complexity index is 455. The van der Waals surface area contributed by atoms with Gasteiger partial charge >= 0.3 is 0 Å². The molecule has 0 aromatic carbocycles. The van der Waals surface area contributed by atoms with Gasteiger partial charge in [-0.05, 0) is 24.7 Å². The van der Waals surface area contributed by atoms with Gasteiger partial charge in [-0.3, -0.25) is 4.68 Å². The number of nitrogens with two attached hydrogens (primary N) is 1. The first-order valence-electron chi connectivity index (χ1n) is 6.03. The number of aromatic nitrogens is 2. The van der Waals surface area contributed by atoms with Crippen LogP contribution in [0, 0.1) is 11.8 Å². The van der Waals surface area contributed by atoms with Crippen molar-refractivity contribution in [1.29, 1.82) is 0 Å². The van der Waals surface area contributed by atoms with Crippen molar-refractivity contribution in [2.45, 2.75) is 18.9 Å². The molecule has 1 aromatic rings. The third-order valence-electron chi connectivity index (χ3n) is 3.55. The first-order chi connectivity index (χ1) is 8.22. The Kier molecular flexibility index (Phi) is 2.42. The van der Waals surface area contributed by atoms with Gasteiger partial charge < -0.3 is 10.5 Å². The van der Waals surface area contributed by atoms with Crippen LogP contribution in [0.3, 0.4) is 0 Å². The molecule has 0 amide bonds. The third-order valence-corrected chi connectivity index (χ3v) is 3.55. The molecule has 0 bridgehead atoms. The van der Waals surface area contributed by atoms with Gasteiger partial charge in [0.15, 0.2) is 0 Å². The van der Waals surface area contributed by atoms with Gasteiger partial charge in [0.2, 0.25) is 0 Å². The van der Waals surface area contributed by atoms with Crippen LogP contribution < -0.4 is 10.5 Å². The lowest BCUT2D eigenvalue weighted by atomic mass is 9.92. The van der Waals surface area contributed by atoms with E-state index in [1.807, 2.05) is 7.05 Å². The summed E-state index contributed by atoms with van der Waals surface area (Å²) in [5, 5.41) is 4.22. The van der Waals surface area contributed by atoms with Crippen LogP contribution in [0.4, 0.5) is 5.69 Å². The van der Waals surface area contributed by atoms with Crippen molar-refractivity contribution in [2.75, 3.05) is 5.73 Å². The molecule has 0 radical (unpaired) electrons. The Labute approximate surface area is 101 Å². The van der Waals surface area contributed by atoms with Crippen molar-refractivity contribution < 1.29 is 4.74 Å². The lowest BCUT2D eigenvalue weighted by Crippen LogP contribution is -2.13. The van der Waals surface area contributed by atoms with Gasteiger partial charge in [-0.2, -0.15) is 0 Å². The molecule has 4 heteroatoms. The van der Waals surface area contributed by atoms with E-state index < -0.39 is 0 Å². The number of allylic oxidation sites excluding steroid dienone is 4. The Morgan fingerprint density at radius 2 is 1.94 bits per heavy atom. The van der Waals surface area contributed by atoms with Crippen molar-refractivity contribution in [1.82, 2.24) is 9.78 Å². The topological polar surface area (TPSA) is 53.1 Å². The van der Waals surface area contributed by atoms with Crippen LogP contribution in [-0.4, -0.2) is 15.9 Å². The van der Waals surface area contributed by atoms with Gasteiger partial charge in [0.05, 0.1) is 6.20 Å². The molecule has 0 saturated heterocycles. The van der Waals surface area contributed by atoms with E-state index in [1.54, 1.807) is 10.9 Å². The van der Waals surface area contributed by atoms with Gasteiger partial charge in [0, 0.05) is 7.05 Å². The molecule has 0 aliphatic heterocycles. The number of rotatable bonds is 2. The van der Waals surface area contributed by atoms with Crippen LogP contribution in [0.1, 0.15) is 12.8 Å². The number of nitrogens with zero attached hydrogens (tertiary/aromatic N) is 2. The second-order valence-electron chi connectivity index (χ2n) is 4.87. The van der Waals surface area contributed by atoms with E-state index in [1.165, 1.54) is 0 Å². The molecule has 3 rings (SSSR count). The molecule has 0 spiro atoms. The summed E-state index contributed by atoms with van der Waals surface area (Å²) in [6.07, 6.45) is 12.9. The Hall–Kier alpha value is -1.71. The fourth-order valence-corrected chi connectivity index (χ4v) is 2.74. The van der Waals surface area contributed by atoms with E-state index in [4.69, 9.17) is 10.5 Å². The van der Waals surface area contributed by atoms with Crippen molar-refractivity contribution in [3.05, 3.63) is 30.5 Å². The van der Waals surface area contributed by atoms with Crippen LogP contribution in [0.15, 0.2) is 30.5 Å². The van der Waals surface area contributed by atoms with Crippen LogP contribution in [0.2, 0.25) is 0 Å². The van der Waals surface area contributed by atoms with Gasteiger partial charge in [-0.15, -0.1) is 5.10 Å². The fraction of sp³-hybridized carbons (Fsp3) is 0.462. The van der Waals surface area contributed by atoms with Crippen LogP contribution in [0.25, 0.3) is 0 Å². The summed E-state index contributed by atoms with van der Waals surface area (Å²) in [5.41, 5.74) is 6.45. The minimum atomic E-state index is 0.231. The molecule has 4 nitrogen and oxygen atoms in total. The summed E-state index contributed by atoms with van der Waals surface area (Å²) in [5.74, 6) is 1.81. The van der Waals surface area contributed by atoms with E-state index in [0.717, 1.165) is 12.8 Å². The summed E-state index contributed by atoms with van der Waals surface area (Å²) in [6, 6.07) is 0. The maximum Gasteiger partial charge on any atom is 0.256 e. The Morgan fingerprint density at radius 3 is 2.47 bits per heavy atom. The first-order valence-corrected chi connectivity index (χ1v) is 6.03. The number of nitrogen functional groups attached to an aromatic ring is 1. The van der Waals surface area contributed by atoms with E-state index >= 15 is 0 Å². The number of anilines is 1. The van der Waals surface area contributed by atoms with E-state index in [0.29, 0.717) is 23.4 Å². The number of aryl methyl sites for hydroxylation is 1. The van der Waals surface area contributed by atoms with Crippen LogP contribution in [-0.2, 0) is 7.05 Å². The molecule has 1 fully saturated rings. The first kappa shape index (κ1) is 10.4. The van der Waals surface area contributed by atoms with Gasteiger partial charge in [0.1, 0.15) is 11.8 Å². The standard InChI is InChI=1S/C13H17N3O/c1-16-8-12(14)13(15-16)17-11-6-9-4-2-3-5-10(9)7-11/h2-5,8-11H,6-7,14H2,1H3/t9-,10-/m1/s1. The molecular weight excluding hydrogens is 214 g/mol. The molecule has 1 heterocycles. The average Bonchev–Trinajstić information content (AvgIpc) is 2.82. The SMILES string of the molecule is Cn1cc(N)c(OC2C[C@H]3C=CC=C[C@@H]3C2)n1. The van der Waals surface area contributed by atoms with Gasteiger partial charge in [0.25, 0.3) is 5.88 Å². The Morgan fingerprint density at radius 1 is 1.29 bits per heavy atom. The predicted molar refractivity (Wildman–Crippen MR) is 66.5 cm³/mol. The molecule has 1 aromatic heterocycles. The number of fused-ring (bicyclic) bond motifs is 1. The minimum absolute atomic E-state index is 0.231. The normalized spacial score (nSPS) is 27.4. The summed E-state index contributed by atoms with van der Waals surface area (Å²) < 4.78 is 7.58. The van der Waals surface area contributed by atoms with E-state index in [-0.39, 0.29) is 6.10 Å². The van der Waals surface area contributed by atoms with E-state index in [2.05, 4.69) is 29.4 Å². The van der Waals surface area contributed by atoms with Gasteiger partial charge in [-0.1, -0.05) is 24.3 Å². The fourth-order valence-electron chi connectivity index (χ4n) is 2.74. The second-order valence-corrected chi connectivity index (χ2v) is 4.87. The van der Waals surface area contributed by atoms with Crippen molar-refractivity contribution in [3.8, 4) is 5.88 Å². The average molecular weight is 231 g/mol. The minimum Gasteiger partial charge on any atom is -0.472 e. The molecule has 0 unspecified atom stereocenters. The summed E-state index contributed by atoms with van der Waals surface area (Å²) >= 11 is 0. The number of hydrogen-bond acceptors (Lipinski definition) is 3. The predicted octanol–water partition coefficient (Wildman–Crippen LogP) is 1.90.